The van der Waals surface area contributed by atoms with E-state index >= 15 is 4.39 Å². The second-order valence-corrected chi connectivity index (χ2v) is 20.4. The first-order valence-electron chi connectivity index (χ1n) is 21.2. The molecule has 16 nitrogen and oxygen atoms in total. The number of amides is 4. The van der Waals surface area contributed by atoms with Crippen LogP contribution >= 0.6 is 46.7 Å². The number of halogens is 4. The van der Waals surface area contributed by atoms with Gasteiger partial charge >= 0.3 is 7.60 Å². The van der Waals surface area contributed by atoms with Crippen molar-refractivity contribution in [3.63, 3.8) is 0 Å². The largest absolute Gasteiger partial charge is 0.369 e. The van der Waals surface area contributed by atoms with Crippen molar-refractivity contribution in [1.29, 1.82) is 0 Å². The van der Waals surface area contributed by atoms with Crippen molar-refractivity contribution in [3.8, 4) is 0 Å². The van der Waals surface area contributed by atoms with Gasteiger partial charge in [-0.05, 0) is 109 Å². The van der Waals surface area contributed by atoms with Gasteiger partial charge in [-0.2, -0.15) is 4.98 Å². The summed E-state index contributed by atoms with van der Waals surface area (Å²) in [5.74, 6) is -2.04. The minimum atomic E-state index is -3.63. The van der Waals surface area contributed by atoms with Crippen molar-refractivity contribution in [2.24, 2.45) is 5.92 Å². The Bertz CT molecular complexity index is 2620. The Kier molecular flexibility index (Phi) is 13.9. The maximum Gasteiger partial charge on any atom is 0.363 e. The molecule has 0 saturated carbocycles. The number of fused-ring (bicyclic) bond motifs is 1. The number of hydrogen-bond donors (Lipinski definition) is 3. The molecule has 4 aliphatic heterocycles. The predicted molar refractivity (Wildman–Crippen MR) is 251 cm³/mol. The number of piperidine rings is 2. The van der Waals surface area contributed by atoms with Crippen LogP contribution in [0.2, 0.25) is 10.0 Å². The molecule has 21 heteroatoms. The summed E-state index contributed by atoms with van der Waals surface area (Å²) in [7, 11) is -0.939. The zero-order valence-corrected chi connectivity index (χ0v) is 40.2. The fourth-order valence-electron chi connectivity index (χ4n) is 8.91. The third-order valence-electron chi connectivity index (χ3n) is 12.8. The molecule has 0 radical (unpaired) electrons. The number of piperazine rings is 1. The summed E-state index contributed by atoms with van der Waals surface area (Å²) in [6.07, 6.45) is 4.32. The number of rotatable bonds is 13. The lowest BCUT2D eigenvalue weighted by molar-refractivity contribution is -0.136. The zero-order chi connectivity index (χ0) is 46.3. The highest BCUT2D eigenvalue weighted by Gasteiger charge is 2.45. The third kappa shape index (κ3) is 9.49. The van der Waals surface area contributed by atoms with Gasteiger partial charge in [0.05, 0.1) is 53.7 Å². The first-order chi connectivity index (χ1) is 31.1. The Morgan fingerprint density at radius 3 is 2.22 bits per heavy atom. The van der Waals surface area contributed by atoms with Crippen molar-refractivity contribution < 1.29 is 37.2 Å². The number of imide groups is 2. The van der Waals surface area contributed by atoms with Crippen LogP contribution in [0.4, 0.5) is 38.9 Å². The van der Waals surface area contributed by atoms with E-state index in [0.717, 1.165) is 79.8 Å². The summed E-state index contributed by atoms with van der Waals surface area (Å²) in [6, 6.07) is 8.73. The molecule has 3 saturated heterocycles. The SMILES string of the molecule is COP(=O)(OC)c1c(Nc2nc(Nc3cc(Cl)c(N4CCN(CCC5CCN(c6cc7c(cc6F)C(=O)N(C6CCC(=O)NC6=O)C7=O)CC5)CC4)cc3Cl)ncc2Br)ccc(C)c1C. The average Bonchev–Trinajstić information content (AvgIpc) is 3.53. The molecule has 0 spiro atoms. The molecule has 4 amide bonds. The van der Waals surface area contributed by atoms with Crippen molar-refractivity contribution in [3.05, 3.63) is 85.2 Å². The molecule has 4 aromatic rings. The highest BCUT2D eigenvalue weighted by molar-refractivity contribution is 9.10. The zero-order valence-electron chi connectivity index (χ0n) is 36.2. The Labute approximate surface area is 394 Å². The van der Waals surface area contributed by atoms with Gasteiger partial charge in [0.2, 0.25) is 17.8 Å². The standard InChI is InChI=1S/C44H48BrCl2FN9O7P/c1-24-5-6-33(39(25(24)2)65(62,63-3)64-4)50-40-29(45)23-49-44(53-40)51-34-21-31(47)36(22-30(34)46)56-17-15-54(16-18-56)12-9-26-10-13-55(14-11-26)37-20-28-27(19-32(37)48)42(60)57(43(28)61)35-7-8-38(58)52-41(35)59/h5-6,19-23,26,35H,7-18H2,1-4H3,(H,52,58,59)(H2,49,50,51,53). The molecule has 344 valence electrons. The van der Waals surface area contributed by atoms with Gasteiger partial charge in [-0.1, -0.05) is 29.3 Å². The molecule has 65 heavy (non-hydrogen) atoms. The number of benzene rings is 3. The van der Waals surface area contributed by atoms with E-state index in [1.807, 2.05) is 30.9 Å². The van der Waals surface area contributed by atoms with Crippen LogP contribution in [0.15, 0.2) is 47.1 Å². The highest BCUT2D eigenvalue weighted by Crippen LogP contribution is 2.49. The van der Waals surface area contributed by atoms with E-state index in [1.165, 1.54) is 20.3 Å². The summed E-state index contributed by atoms with van der Waals surface area (Å²) in [4.78, 5) is 67.1. The molecule has 1 aromatic heterocycles. The highest BCUT2D eigenvalue weighted by atomic mass is 79.9. The predicted octanol–water partition coefficient (Wildman–Crippen LogP) is 7.73. The molecule has 4 aliphatic rings. The monoisotopic (exact) mass is 1010 g/mol. The molecular weight excluding hydrogens is 967 g/mol. The van der Waals surface area contributed by atoms with E-state index in [9.17, 15) is 23.7 Å². The quantitative estimate of drug-likeness (QED) is 0.0876. The van der Waals surface area contributed by atoms with Crippen molar-refractivity contribution in [1.82, 2.24) is 25.1 Å². The van der Waals surface area contributed by atoms with Gasteiger partial charge in [-0.15, -0.1) is 0 Å². The van der Waals surface area contributed by atoms with Crippen molar-refractivity contribution in [2.45, 2.75) is 52.0 Å². The van der Waals surface area contributed by atoms with E-state index in [0.29, 0.717) is 56.0 Å². The van der Waals surface area contributed by atoms with Crippen molar-refractivity contribution in [2.75, 3.05) is 80.5 Å². The molecule has 1 atom stereocenters. The summed E-state index contributed by atoms with van der Waals surface area (Å²) in [5, 5.41) is 9.98. The Hall–Kier alpha value is -4.68. The smallest absolute Gasteiger partial charge is 0.363 e. The molecule has 1 unspecified atom stereocenters. The summed E-state index contributed by atoms with van der Waals surface area (Å²) in [6.45, 7) is 9.09. The maximum atomic E-state index is 15.5. The van der Waals surface area contributed by atoms with Crippen LogP contribution in [0.1, 0.15) is 63.9 Å². The molecule has 3 aromatic carbocycles. The van der Waals surface area contributed by atoms with Gasteiger partial charge in [0, 0.05) is 66.1 Å². The average molecular weight is 1020 g/mol. The van der Waals surface area contributed by atoms with Crippen LogP contribution < -0.4 is 31.1 Å². The number of nitrogens with zero attached hydrogens (tertiary/aromatic N) is 6. The Morgan fingerprint density at radius 2 is 1.54 bits per heavy atom. The fraction of sp³-hybridized carbons (Fsp3) is 0.409. The number of anilines is 6. The lowest BCUT2D eigenvalue weighted by atomic mass is 9.92. The number of carbonyl (C=O) groups excluding carboxylic acids is 4. The Morgan fingerprint density at radius 1 is 0.862 bits per heavy atom. The fourth-order valence-corrected chi connectivity index (χ4v) is 11.2. The van der Waals surface area contributed by atoms with Crippen LogP contribution in [0.5, 0.6) is 0 Å². The molecular formula is C44H48BrCl2FN9O7P. The van der Waals surface area contributed by atoms with Crippen LogP contribution in [0.3, 0.4) is 0 Å². The molecule has 3 N–H and O–H groups in total. The van der Waals surface area contributed by atoms with E-state index in [4.69, 9.17) is 32.2 Å². The normalized spacial score (nSPS) is 18.6. The van der Waals surface area contributed by atoms with Gasteiger partial charge in [0.25, 0.3) is 11.8 Å². The Balaban J connectivity index is 0.833. The first kappa shape index (κ1) is 46.8. The van der Waals surface area contributed by atoms with Gasteiger partial charge in [-0.25, -0.2) is 9.37 Å². The van der Waals surface area contributed by atoms with Gasteiger partial charge < -0.3 is 29.5 Å². The first-order valence-corrected chi connectivity index (χ1v) is 24.3. The van der Waals surface area contributed by atoms with E-state index in [2.05, 4.69) is 51.6 Å². The lowest BCUT2D eigenvalue weighted by Gasteiger charge is -2.38. The maximum absolute atomic E-state index is 15.5. The summed E-state index contributed by atoms with van der Waals surface area (Å²) in [5.41, 5.74) is 3.81. The van der Waals surface area contributed by atoms with Gasteiger partial charge in [0.15, 0.2) is 0 Å². The van der Waals surface area contributed by atoms with Crippen molar-refractivity contribution >= 4 is 110 Å². The summed E-state index contributed by atoms with van der Waals surface area (Å²) >= 11 is 17.2. The van der Waals surface area contributed by atoms with Crippen LogP contribution in [-0.4, -0.2) is 109 Å². The number of aryl methyl sites for hydroxylation is 1. The van der Waals surface area contributed by atoms with Crippen LogP contribution in [0.25, 0.3) is 0 Å². The second kappa shape index (κ2) is 19.3. The number of nitrogens with one attached hydrogen (secondary N) is 3. The number of hydrogen-bond acceptors (Lipinski definition) is 14. The second-order valence-electron chi connectivity index (χ2n) is 16.5. The molecule has 0 bridgehead atoms. The third-order valence-corrected chi connectivity index (χ3v) is 16.0. The number of carbonyl (C=O) groups is 4. The minimum absolute atomic E-state index is 0.0107. The molecule has 3 fully saturated rings. The summed E-state index contributed by atoms with van der Waals surface area (Å²) < 4.78 is 40.3. The van der Waals surface area contributed by atoms with Gasteiger partial charge in [-0.3, -0.25) is 38.9 Å². The molecule has 5 heterocycles. The van der Waals surface area contributed by atoms with Gasteiger partial charge in [0.1, 0.15) is 17.7 Å². The topological polar surface area (TPSA) is 179 Å². The minimum Gasteiger partial charge on any atom is -0.369 e. The molecule has 8 rings (SSSR count). The van der Waals surface area contributed by atoms with Crippen LogP contribution in [-0.2, 0) is 23.2 Å². The van der Waals surface area contributed by atoms with E-state index in [1.54, 1.807) is 18.3 Å². The lowest BCUT2D eigenvalue weighted by Crippen LogP contribution is -2.54. The van der Waals surface area contributed by atoms with E-state index < -0.39 is 43.1 Å². The number of aromatic nitrogens is 2. The van der Waals surface area contributed by atoms with Crippen LogP contribution in [0, 0.1) is 25.6 Å². The van der Waals surface area contributed by atoms with E-state index in [-0.39, 0.29) is 35.6 Å². The molecule has 0 aliphatic carbocycles.